The van der Waals surface area contributed by atoms with Crippen LogP contribution in [0.25, 0.3) is 16.9 Å². The lowest BCUT2D eigenvalue weighted by molar-refractivity contribution is -0.137. The Hall–Kier alpha value is -4.97. The van der Waals surface area contributed by atoms with Crippen molar-refractivity contribution < 1.29 is 18.0 Å². The Morgan fingerprint density at radius 3 is 2.61 bits per heavy atom. The summed E-state index contributed by atoms with van der Waals surface area (Å²) in [5.74, 6) is 0.481. The number of para-hydroxylation sites is 2. The summed E-state index contributed by atoms with van der Waals surface area (Å²) in [6.45, 7) is 2.51. The minimum atomic E-state index is -4.60. The van der Waals surface area contributed by atoms with Crippen LogP contribution in [0.2, 0.25) is 0 Å². The van der Waals surface area contributed by atoms with E-state index in [-0.39, 0.29) is 11.7 Å². The first-order valence-corrected chi connectivity index (χ1v) is 14.2. The molecule has 0 radical (unpaired) electrons. The molecule has 0 saturated carbocycles. The van der Waals surface area contributed by atoms with Crippen molar-refractivity contribution in [3.63, 3.8) is 0 Å². The Bertz CT molecular complexity index is 1820. The van der Waals surface area contributed by atoms with E-state index < -0.39 is 17.6 Å². The van der Waals surface area contributed by atoms with E-state index in [0.717, 1.165) is 41.6 Å². The highest BCUT2D eigenvalue weighted by atomic mass is 19.4. The predicted molar refractivity (Wildman–Crippen MR) is 165 cm³/mol. The van der Waals surface area contributed by atoms with Gasteiger partial charge in [0.05, 0.1) is 22.8 Å². The first-order valence-electron chi connectivity index (χ1n) is 14.2. The number of imidazole rings is 1. The summed E-state index contributed by atoms with van der Waals surface area (Å²) < 4.78 is 43.7. The third-order valence-corrected chi connectivity index (χ3v) is 7.75. The number of hydrogen-bond acceptors (Lipinski definition) is 7. The molecule has 6 rings (SSSR count). The van der Waals surface area contributed by atoms with Crippen LogP contribution in [0.1, 0.15) is 34.3 Å². The van der Waals surface area contributed by atoms with Gasteiger partial charge >= 0.3 is 6.18 Å². The number of carbonyl (C=O) groups is 1. The van der Waals surface area contributed by atoms with Crippen LogP contribution in [0.3, 0.4) is 0 Å². The van der Waals surface area contributed by atoms with E-state index in [1.165, 1.54) is 12.4 Å². The van der Waals surface area contributed by atoms with Gasteiger partial charge in [-0.15, -0.1) is 0 Å². The van der Waals surface area contributed by atoms with Gasteiger partial charge in [0.15, 0.2) is 0 Å². The Kier molecular flexibility index (Phi) is 7.68. The van der Waals surface area contributed by atoms with Crippen LogP contribution in [0.5, 0.6) is 0 Å². The topological polar surface area (TPSA) is 91.2 Å². The maximum absolute atomic E-state index is 13.9. The summed E-state index contributed by atoms with van der Waals surface area (Å²) in [4.78, 5) is 30.5. The lowest BCUT2D eigenvalue weighted by atomic mass is 10.1. The Labute approximate surface area is 252 Å². The number of hydrogen-bond donors (Lipinski definition) is 2. The molecular formula is C32H31F3N8O. The van der Waals surface area contributed by atoms with E-state index in [9.17, 15) is 18.0 Å². The molecule has 9 nitrogen and oxygen atoms in total. The second-order valence-electron chi connectivity index (χ2n) is 11.0. The SMILES string of the molecule is Cc1ccc(NC(=O)c2cc(N3CCCC3N(C)C)cc(C(F)(F)F)c2)cc1Nc1nc2ccccc2n1-c1ccncn1. The van der Waals surface area contributed by atoms with Crippen LogP contribution < -0.4 is 15.5 Å². The number of aromatic nitrogens is 4. The lowest BCUT2D eigenvalue weighted by Gasteiger charge is -2.32. The number of alkyl halides is 3. The third-order valence-electron chi connectivity index (χ3n) is 7.75. The minimum Gasteiger partial charge on any atom is -0.356 e. The molecule has 12 heteroatoms. The zero-order chi connectivity index (χ0) is 31.0. The van der Waals surface area contributed by atoms with E-state index in [2.05, 4.69) is 20.6 Å². The Morgan fingerprint density at radius 2 is 1.86 bits per heavy atom. The van der Waals surface area contributed by atoms with E-state index in [0.29, 0.717) is 35.4 Å². The Morgan fingerprint density at radius 1 is 1.05 bits per heavy atom. The van der Waals surface area contributed by atoms with Gasteiger partial charge in [-0.1, -0.05) is 18.2 Å². The number of amides is 1. The third kappa shape index (κ3) is 5.80. The van der Waals surface area contributed by atoms with Crippen molar-refractivity contribution in [3.8, 4) is 5.82 Å². The van der Waals surface area contributed by atoms with Crippen LogP contribution in [0.15, 0.2) is 79.3 Å². The number of benzene rings is 3. The second-order valence-corrected chi connectivity index (χ2v) is 11.0. The monoisotopic (exact) mass is 600 g/mol. The van der Waals surface area contributed by atoms with Crippen molar-refractivity contribution in [2.75, 3.05) is 36.2 Å². The fourth-order valence-corrected chi connectivity index (χ4v) is 5.57. The number of carbonyl (C=O) groups excluding carboxylic acids is 1. The molecular weight excluding hydrogens is 569 g/mol. The molecule has 1 aliphatic heterocycles. The molecule has 1 unspecified atom stereocenters. The molecule has 2 aromatic heterocycles. The number of nitrogens with one attached hydrogen (secondary N) is 2. The molecule has 0 aliphatic carbocycles. The van der Waals surface area contributed by atoms with Crippen molar-refractivity contribution in [1.29, 1.82) is 0 Å². The number of nitrogens with zero attached hydrogens (tertiary/aromatic N) is 6. The normalized spacial score (nSPS) is 15.2. The number of fused-ring (bicyclic) bond motifs is 1. The first kappa shape index (κ1) is 29.1. The van der Waals surface area contributed by atoms with E-state index in [1.807, 2.05) is 65.7 Å². The van der Waals surface area contributed by atoms with Gasteiger partial charge in [0.2, 0.25) is 5.95 Å². The van der Waals surface area contributed by atoms with Gasteiger partial charge in [-0.25, -0.2) is 15.0 Å². The molecule has 44 heavy (non-hydrogen) atoms. The minimum absolute atomic E-state index is 0.0494. The average molecular weight is 601 g/mol. The molecule has 1 saturated heterocycles. The van der Waals surface area contributed by atoms with Crippen LogP contribution in [0, 0.1) is 6.92 Å². The van der Waals surface area contributed by atoms with Crippen molar-refractivity contribution in [1.82, 2.24) is 24.4 Å². The van der Waals surface area contributed by atoms with Crippen molar-refractivity contribution >= 4 is 40.0 Å². The summed E-state index contributed by atoms with van der Waals surface area (Å²) >= 11 is 0. The average Bonchev–Trinajstić information content (AvgIpc) is 3.64. The number of halogens is 3. The van der Waals surface area contributed by atoms with Crippen molar-refractivity contribution in [2.24, 2.45) is 0 Å². The molecule has 1 amide bonds. The smallest absolute Gasteiger partial charge is 0.356 e. The van der Waals surface area contributed by atoms with Gasteiger partial charge in [-0.3, -0.25) is 14.3 Å². The molecule has 1 atom stereocenters. The van der Waals surface area contributed by atoms with Gasteiger partial charge < -0.3 is 15.5 Å². The molecule has 3 aromatic carbocycles. The lowest BCUT2D eigenvalue weighted by Crippen LogP contribution is -2.40. The number of aryl methyl sites for hydroxylation is 1. The van der Waals surface area contributed by atoms with Crippen molar-refractivity contribution in [2.45, 2.75) is 32.1 Å². The van der Waals surface area contributed by atoms with Crippen LogP contribution in [0.4, 0.5) is 36.2 Å². The zero-order valence-electron chi connectivity index (χ0n) is 24.4. The number of rotatable bonds is 7. The maximum Gasteiger partial charge on any atom is 0.416 e. The fraction of sp³-hybridized carbons (Fsp3) is 0.250. The molecule has 226 valence electrons. The number of anilines is 4. The van der Waals surface area contributed by atoms with E-state index in [1.54, 1.807) is 24.4 Å². The van der Waals surface area contributed by atoms with E-state index >= 15 is 0 Å². The van der Waals surface area contributed by atoms with Gasteiger partial charge in [0.1, 0.15) is 12.1 Å². The summed E-state index contributed by atoms with van der Waals surface area (Å²) in [7, 11) is 3.80. The van der Waals surface area contributed by atoms with Crippen LogP contribution in [-0.4, -0.2) is 57.1 Å². The largest absolute Gasteiger partial charge is 0.416 e. The highest BCUT2D eigenvalue weighted by Gasteiger charge is 2.34. The van der Waals surface area contributed by atoms with Gasteiger partial charge in [-0.05, 0) is 88.0 Å². The summed E-state index contributed by atoms with van der Waals surface area (Å²) in [6.07, 6.45) is 0.130. The highest BCUT2D eigenvalue weighted by molar-refractivity contribution is 6.05. The molecule has 5 aromatic rings. The summed E-state index contributed by atoms with van der Waals surface area (Å²) in [5, 5.41) is 6.14. The van der Waals surface area contributed by atoms with Gasteiger partial charge in [0, 0.05) is 35.4 Å². The zero-order valence-corrected chi connectivity index (χ0v) is 24.4. The highest BCUT2D eigenvalue weighted by Crippen LogP contribution is 2.36. The summed E-state index contributed by atoms with van der Waals surface area (Å²) in [5.41, 5.74) is 2.98. The van der Waals surface area contributed by atoms with Crippen molar-refractivity contribution in [3.05, 3.63) is 95.9 Å². The maximum atomic E-state index is 13.9. The molecule has 2 N–H and O–H groups in total. The quantitative estimate of drug-likeness (QED) is 0.217. The predicted octanol–water partition coefficient (Wildman–Crippen LogP) is 6.63. The first-order chi connectivity index (χ1) is 21.1. The Balaban J connectivity index is 1.31. The molecule has 0 bridgehead atoms. The van der Waals surface area contributed by atoms with E-state index in [4.69, 9.17) is 4.98 Å². The molecule has 1 aliphatic rings. The van der Waals surface area contributed by atoms with Crippen LogP contribution >= 0.6 is 0 Å². The fourth-order valence-electron chi connectivity index (χ4n) is 5.57. The van der Waals surface area contributed by atoms with Gasteiger partial charge in [-0.2, -0.15) is 13.2 Å². The van der Waals surface area contributed by atoms with Gasteiger partial charge in [0.25, 0.3) is 5.91 Å². The second kappa shape index (κ2) is 11.6. The molecule has 3 heterocycles. The summed E-state index contributed by atoms with van der Waals surface area (Å²) in [6, 6.07) is 18.2. The molecule has 0 spiro atoms. The van der Waals surface area contributed by atoms with Crippen LogP contribution in [-0.2, 0) is 6.18 Å². The standard InChI is InChI=1S/C32H31F3N8O/c1-20-10-11-23(18-26(20)40-31-39-25-7-4-5-8-27(25)43(31)28-12-13-36-19-37-28)38-30(44)21-15-22(32(33,34)35)17-24(16-21)42-14-6-9-29(42)41(2)3/h4-5,7-8,10-13,15-19,29H,6,9,14H2,1-3H3,(H,38,44)(H,39,40). The molecule has 1 fully saturated rings.